The van der Waals surface area contributed by atoms with E-state index in [9.17, 15) is 19.5 Å². The number of alkyl carbamates (subject to hydrolysis) is 1. The fourth-order valence-electron chi connectivity index (χ4n) is 4.88. The van der Waals surface area contributed by atoms with Crippen molar-refractivity contribution in [3.63, 3.8) is 0 Å². The third-order valence-electron chi connectivity index (χ3n) is 7.11. The summed E-state index contributed by atoms with van der Waals surface area (Å²) < 4.78 is 26.6. The Morgan fingerprint density at radius 3 is 2.76 bits per heavy atom. The minimum atomic E-state index is -0.949. The summed E-state index contributed by atoms with van der Waals surface area (Å²) in [5, 5.41) is 16.1. The molecule has 0 spiro atoms. The predicted molar refractivity (Wildman–Crippen MR) is 144 cm³/mol. The van der Waals surface area contributed by atoms with Crippen molar-refractivity contribution in [3.05, 3.63) is 54.5 Å². The van der Waals surface area contributed by atoms with Crippen LogP contribution in [0.5, 0.6) is 0 Å². The van der Waals surface area contributed by atoms with Gasteiger partial charge in [0.25, 0.3) is 5.91 Å². The number of methoxy groups -OCH3 is 1. The fraction of sp³-hybridized carbons (Fsp3) is 0.423. The molecule has 0 radical (unpaired) electrons. The lowest BCUT2D eigenvalue weighted by Gasteiger charge is -2.40. The molecule has 5 rings (SSSR count). The number of cyclic esters (lactones) is 1. The molecule has 2 aliphatic rings. The summed E-state index contributed by atoms with van der Waals surface area (Å²) in [6.45, 7) is 3.71. The Labute approximate surface area is 234 Å². The first-order valence-corrected chi connectivity index (χ1v) is 13.1. The number of halogens is 1. The maximum atomic E-state index is 15.2. The first-order valence-electron chi connectivity index (χ1n) is 13.1. The number of hydrogen-bond donors (Lipinski definition) is 3. The molecular weight excluding hydrogens is 539 g/mol. The van der Waals surface area contributed by atoms with Gasteiger partial charge in [-0.2, -0.15) is 0 Å². The average molecular weight is 571 g/mol. The van der Waals surface area contributed by atoms with Crippen molar-refractivity contribution >= 4 is 35.1 Å². The number of nitrogens with zero attached hydrogens (tertiary/aromatic N) is 6. The summed E-state index contributed by atoms with van der Waals surface area (Å²) in [4.78, 5) is 49.5. The van der Waals surface area contributed by atoms with Gasteiger partial charge in [0.15, 0.2) is 5.65 Å². The van der Waals surface area contributed by atoms with Crippen LogP contribution in [0, 0.1) is 5.82 Å². The first-order chi connectivity index (χ1) is 19.7. The first kappa shape index (κ1) is 28.0. The number of hydrogen-bond acceptors (Lipinski definition) is 10. The lowest BCUT2D eigenvalue weighted by Crippen LogP contribution is -2.56. The molecular formula is C26H31FN8O6. The highest BCUT2D eigenvalue weighted by molar-refractivity contribution is 5.93. The zero-order valence-corrected chi connectivity index (χ0v) is 22.6. The van der Waals surface area contributed by atoms with Gasteiger partial charge in [0, 0.05) is 44.8 Å². The van der Waals surface area contributed by atoms with Gasteiger partial charge >= 0.3 is 12.2 Å². The van der Waals surface area contributed by atoms with Gasteiger partial charge in [0.1, 0.15) is 23.8 Å². The molecule has 0 bridgehead atoms. The number of rotatable bonds is 8. The Hall–Kier alpha value is -4.50. The maximum absolute atomic E-state index is 15.2. The van der Waals surface area contributed by atoms with Gasteiger partial charge in [-0.3, -0.25) is 19.6 Å². The number of fused-ring (bicyclic) bond motifs is 1. The second kappa shape index (κ2) is 11.9. The van der Waals surface area contributed by atoms with Crippen molar-refractivity contribution in [3.8, 4) is 0 Å². The van der Waals surface area contributed by atoms with Gasteiger partial charge in [0.2, 0.25) is 0 Å². The topological polar surface area (TPSA) is 154 Å². The number of benzene rings is 1. The van der Waals surface area contributed by atoms with E-state index < -0.39 is 42.3 Å². The molecule has 14 nitrogen and oxygen atoms in total. The monoisotopic (exact) mass is 570 g/mol. The average Bonchev–Trinajstić information content (AvgIpc) is 3.59. The molecule has 4 heterocycles. The molecule has 3 amide bonds. The number of carbonyl (C=O) groups is 3. The summed E-state index contributed by atoms with van der Waals surface area (Å²) in [5.74, 6) is -0.905. The highest BCUT2D eigenvalue weighted by Crippen LogP contribution is 2.28. The molecule has 3 atom stereocenters. The summed E-state index contributed by atoms with van der Waals surface area (Å²) in [6, 6.07) is 3.95. The predicted octanol–water partition coefficient (Wildman–Crippen LogP) is 0.808. The molecule has 2 aromatic heterocycles. The van der Waals surface area contributed by atoms with E-state index in [1.165, 1.54) is 18.1 Å². The highest BCUT2D eigenvalue weighted by Gasteiger charge is 2.34. The molecule has 15 heteroatoms. The van der Waals surface area contributed by atoms with Crippen molar-refractivity contribution in [2.45, 2.75) is 25.3 Å². The molecule has 2 saturated heterocycles. The Bertz CT molecular complexity index is 1390. The minimum Gasteiger partial charge on any atom is -0.453 e. The van der Waals surface area contributed by atoms with Crippen LogP contribution in [-0.2, 0) is 9.47 Å². The van der Waals surface area contributed by atoms with Crippen molar-refractivity contribution in [1.29, 1.82) is 0 Å². The maximum Gasteiger partial charge on any atom is 0.414 e. The smallest absolute Gasteiger partial charge is 0.414 e. The summed E-state index contributed by atoms with van der Waals surface area (Å²) >= 11 is 0. The van der Waals surface area contributed by atoms with Crippen LogP contribution in [0.2, 0.25) is 0 Å². The van der Waals surface area contributed by atoms with E-state index in [1.807, 2.05) is 9.80 Å². The second-order valence-corrected chi connectivity index (χ2v) is 9.79. The molecule has 0 saturated carbocycles. The van der Waals surface area contributed by atoms with Crippen LogP contribution in [0.3, 0.4) is 0 Å². The van der Waals surface area contributed by atoms with E-state index in [0.717, 1.165) is 0 Å². The van der Waals surface area contributed by atoms with Crippen molar-refractivity contribution in [2.24, 2.45) is 0 Å². The fourth-order valence-corrected chi connectivity index (χ4v) is 4.88. The van der Waals surface area contributed by atoms with Gasteiger partial charge in [0.05, 0.1) is 43.8 Å². The number of aromatic nitrogens is 3. The van der Waals surface area contributed by atoms with E-state index in [-0.39, 0.29) is 18.8 Å². The SMILES string of the molecule is COC(=O)NCC1CN(c2ccc(N3CCN(C(O)C(C)NC(=O)c4cn5ccncc5n4)CC3)c(F)c2)C(=O)O1. The van der Waals surface area contributed by atoms with E-state index in [4.69, 9.17) is 4.74 Å². The Morgan fingerprint density at radius 2 is 2.05 bits per heavy atom. The van der Waals surface area contributed by atoms with Crippen molar-refractivity contribution in [1.82, 2.24) is 29.9 Å². The standard InChI is InChI=1S/C26H31FN8O6/c1-16(30-23(36)20-15-34-6-5-28-13-22(34)31-20)24(37)33-9-7-32(8-10-33)21-4-3-17(11-19(21)27)35-14-18(41-26(35)39)12-29-25(38)40-2/h3-6,11,13,15-16,18,24,37H,7-10,12,14H2,1-2H3,(H,29,38)(H,30,36). The van der Waals surface area contributed by atoms with Crippen LogP contribution in [0.25, 0.3) is 5.65 Å². The van der Waals surface area contributed by atoms with Crippen LogP contribution in [0.4, 0.5) is 25.4 Å². The zero-order chi connectivity index (χ0) is 29.1. The minimum absolute atomic E-state index is 0.0755. The van der Waals surface area contributed by atoms with E-state index >= 15 is 4.39 Å². The third kappa shape index (κ3) is 6.15. The number of piperazine rings is 1. The number of nitrogens with one attached hydrogen (secondary N) is 2. The normalized spacial score (nSPS) is 19.1. The van der Waals surface area contributed by atoms with Gasteiger partial charge in [-0.1, -0.05) is 0 Å². The number of anilines is 2. The number of aliphatic hydroxyl groups excluding tert-OH is 1. The summed E-state index contributed by atoms with van der Waals surface area (Å²) in [5.41, 5.74) is 1.48. The molecule has 2 aliphatic heterocycles. The van der Waals surface area contributed by atoms with Crippen LogP contribution < -0.4 is 20.4 Å². The molecule has 218 valence electrons. The van der Waals surface area contributed by atoms with Gasteiger partial charge in [-0.15, -0.1) is 0 Å². The lowest BCUT2D eigenvalue weighted by molar-refractivity contribution is -0.0215. The quantitative estimate of drug-likeness (QED) is 0.355. The van der Waals surface area contributed by atoms with Gasteiger partial charge in [-0.25, -0.2) is 19.0 Å². The van der Waals surface area contributed by atoms with Crippen molar-refractivity contribution in [2.75, 3.05) is 56.2 Å². The summed E-state index contributed by atoms with van der Waals surface area (Å²) in [6.07, 6.45) is 3.62. The lowest BCUT2D eigenvalue weighted by atomic mass is 10.2. The van der Waals surface area contributed by atoms with E-state index in [1.54, 1.807) is 48.2 Å². The Kier molecular flexibility index (Phi) is 8.16. The van der Waals surface area contributed by atoms with Gasteiger partial charge < -0.3 is 34.5 Å². The molecule has 41 heavy (non-hydrogen) atoms. The summed E-state index contributed by atoms with van der Waals surface area (Å²) in [7, 11) is 1.23. The van der Waals surface area contributed by atoms with E-state index in [0.29, 0.717) is 43.2 Å². The highest BCUT2D eigenvalue weighted by atomic mass is 19.1. The second-order valence-electron chi connectivity index (χ2n) is 9.79. The van der Waals surface area contributed by atoms with Crippen LogP contribution in [-0.4, -0.2) is 107 Å². The molecule has 2 fully saturated rings. The number of imidazole rings is 1. The van der Waals surface area contributed by atoms with E-state index in [2.05, 4.69) is 25.3 Å². The third-order valence-corrected chi connectivity index (χ3v) is 7.11. The van der Waals surface area contributed by atoms with Gasteiger partial charge in [-0.05, 0) is 25.1 Å². The molecule has 1 aromatic carbocycles. The number of carbonyl (C=O) groups excluding carboxylic acids is 3. The molecule has 3 aromatic rings. The number of aliphatic hydroxyl groups is 1. The van der Waals surface area contributed by atoms with Crippen LogP contribution in [0.1, 0.15) is 17.4 Å². The number of amides is 3. The molecule has 0 aliphatic carbocycles. The Morgan fingerprint density at radius 1 is 1.27 bits per heavy atom. The van der Waals surface area contributed by atoms with Crippen LogP contribution in [0.15, 0.2) is 43.0 Å². The van der Waals surface area contributed by atoms with Crippen molar-refractivity contribution < 1.29 is 33.4 Å². The number of ether oxygens (including phenoxy) is 2. The molecule has 3 unspecified atom stereocenters. The zero-order valence-electron chi connectivity index (χ0n) is 22.6. The van der Waals surface area contributed by atoms with Crippen LogP contribution >= 0.6 is 0 Å². The largest absolute Gasteiger partial charge is 0.453 e. The molecule has 3 N–H and O–H groups in total. The Balaban J connectivity index is 1.13.